The van der Waals surface area contributed by atoms with Gasteiger partial charge in [0.25, 0.3) is 5.91 Å². The highest BCUT2D eigenvalue weighted by Gasteiger charge is 2.15. The zero-order valence-corrected chi connectivity index (χ0v) is 16.2. The van der Waals surface area contributed by atoms with E-state index in [-0.39, 0.29) is 24.3 Å². The molecule has 3 N–H and O–H groups in total. The number of halogens is 1. The van der Waals surface area contributed by atoms with Gasteiger partial charge in [-0.1, -0.05) is 15.9 Å². The minimum Gasteiger partial charge on any atom is -0.484 e. The Morgan fingerprint density at radius 1 is 1.11 bits per heavy atom. The number of rotatable bonds is 5. The van der Waals surface area contributed by atoms with Crippen molar-refractivity contribution in [2.75, 3.05) is 22.6 Å². The predicted octanol–water partition coefficient (Wildman–Crippen LogP) is 3.31. The van der Waals surface area contributed by atoms with Crippen LogP contribution in [0.3, 0.4) is 0 Å². The van der Waals surface area contributed by atoms with E-state index in [4.69, 9.17) is 4.74 Å². The summed E-state index contributed by atoms with van der Waals surface area (Å²) >= 11 is 3.34. The molecule has 8 heteroatoms. The van der Waals surface area contributed by atoms with Gasteiger partial charge in [-0.2, -0.15) is 0 Å². The van der Waals surface area contributed by atoms with Crippen molar-refractivity contribution in [3.05, 3.63) is 46.4 Å². The zero-order valence-electron chi connectivity index (χ0n) is 14.6. The minimum absolute atomic E-state index is 0.000424. The molecule has 0 spiro atoms. The van der Waals surface area contributed by atoms with E-state index in [9.17, 15) is 14.4 Å². The highest BCUT2D eigenvalue weighted by molar-refractivity contribution is 9.10. The van der Waals surface area contributed by atoms with E-state index in [1.54, 1.807) is 30.3 Å². The van der Waals surface area contributed by atoms with Crippen molar-refractivity contribution in [1.29, 1.82) is 0 Å². The van der Waals surface area contributed by atoms with Crippen molar-refractivity contribution in [2.24, 2.45) is 0 Å². The van der Waals surface area contributed by atoms with Gasteiger partial charge < -0.3 is 20.7 Å². The fourth-order valence-corrected chi connectivity index (χ4v) is 3.06. The number of fused-ring (bicyclic) bond motifs is 1. The van der Waals surface area contributed by atoms with Crippen LogP contribution in [0.5, 0.6) is 5.75 Å². The van der Waals surface area contributed by atoms with Crippen molar-refractivity contribution < 1.29 is 19.1 Å². The molecule has 7 nitrogen and oxygen atoms in total. The molecule has 27 heavy (non-hydrogen) atoms. The number of hydrogen-bond acceptors (Lipinski definition) is 4. The number of ether oxygens (including phenoxy) is 1. The highest BCUT2D eigenvalue weighted by atomic mass is 79.9. The molecule has 0 fully saturated rings. The first kappa shape index (κ1) is 18.9. The molecule has 2 aromatic carbocycles. The van der Waals surface area contributed by atoms with Gasteiger partial charge in [-0.3, -0.25) is 14.4 Å². The van der Waals surface area contributed by atoms with Gasteiger partial charge in [0.05, 0.1) is 11.4 Å². The Hall–Kier alpha value is -2.87. The van der Waals surface area contributed by atoms with E-state index >= 15 is 0 Å². The standard InChI is InChI=1S/C19H18BrN3O4/c1-11(24)21-16-5-3-13(20)9-17(16)23-19(26)10-27-14-4-6-15-12(8-14)2-7-18(25)22-15/h3-6,8-9H,2,7,10H2,1H3,(H,21,24)(H,22,25)(H,23,26). The average Bonchev–Trinajstić information content (AvgIpc) is 2.62. The number of nitrogens with one attached hydrogen (secondary N) is 3. The molecule has 0 aromatic heterocycles. The summed E-state index contributed by atoms with van der Waals surface area (Å²) in [5, 5.41) is 8.20. The quantitative estimate of drug-likeness (QED) is 0.676. The van der Waals surface area contributed by atoms with Crippen LogP contribution in [0.25, 0.3) is 0 Å². The van der Waals surface area contributed by atoms with Gasteiger partial charge in [0, 0.05) is 23.5 Å². The van der Waals surface area contributed by atoms with E-state index in [2.05, 4.69) is 31.9 Å². The van der Waals surface area contributed by atoms with Crippen LogP contribution in [-0.4, -0.2) is 24.3 Å². The fraction of sp³-hybridized carbons (Fsp3) is 0.211. The first-order valence-corrected chi connectivity index (χ1v) is 9.12. The first-order chi connectivity index (χ1) is 12.9. The summed E-state index contributed by atoms with van der Waals surface area (Å²) in [6, 6.07) is 10.5. The van der Waals surface area contributed by atoms with Crippen LogP contribution in [0.4, 0.5) is 17.1 Å². The van der Waals surface area contributed by atoms with Crippen molar-refractivity contribution >= 4 is 50.7 Å². The lowest BCUT2D eigenvalue weighted by Gasteiger charge is -2.17. The maximum Gasteiger partial charge on any atom is 0.262 e. The minimum atomic E-state index is -0.356. The number of carbonyl (C=O) groups excluding carboxylic acids is 3. The Kier molecular flexibility index (Phi) is 5.75. The number of anilines is 3. The molecule has 0 bridgehead atoms. The second kappa shape index (κ2) is 8.22. The van der Waals surface area contributed by atoms with Crippen LogP contribution in [0.2, 0.25) is 0 Å². The third-order valence-corrected chi connectivity index (χ3v) is 4.40. The second-order valence-electron chi connectivity index (χ2n) is 6.08. The summed E-state index contributed by atoms with van der Waals surface area (Å²) < 4.78 is 6.33. The maximum atomic E-state index is 12.2. The molecule has 0 aliphatic carbocycles. The van der Waals surface area contributed by atoms with Gasteiger partial charge in [0.2, 0.25) is 11.8 Å². The number of carbonyl (C=O) groups is 3. The van der Waals surface area contributed by atoms with Gasteiger partial charge >= 0.3 is 0 Å². The summed E-state index contributed by atoms with van der Waals surface area (Å²) in [6.45, 7) is 1.21. The van der Waals surface area contributed by atoms with E-state index in [1.165, 1.54) is 6.92 Å². The van der Waals surface area contributed by atoms with Gasteiger partial charge in [-0.15, -0.1) is 0 Å². The Balaban J connectivity index is 1.63. The molecule has 1 heterocycles. The molecular weight excluding hydrogens is 414 g/mol. The Morgan fingerprint density at radius 3 is 2.70 bits per heavy atom. The van der Waals surface area contributed by atoms with Crippen LogP contribution in [0, 0.1) is 0 Å². The van der Waals surface area contributed by atoms with Gasteiger partial charge in [-0.25, -0.2) is 0 Å². The number of benzene rings is 2. The number of aryl methyl sites for hydroxylation is 1. The predicted molar refractivity (Wildman–Crippen MR) is 106 cm³/mol. The van der Waals surface area contributed by atoms with Gasteiger partial charge in [0.15, 0.2) is 6.61 Å². The van der Waals surface area contributed by atoms with E-state index < -0.39 is 0 Å². The van der Waals surface area contributed by atoms with Crippen LogP contribution in [-0.2, 0) is 20.8 Å². The summed E-state index contributed by atoms with van der Waals surface area (Å²) in [5.74, 6) is -0.0353. The normalized spacial score (nSPS) is 12.6. The van der Waals surface area contributed by atoms with Crippen molar-refractivity contribution in [1.82, 2.24) is 0 Å². The number of hydrogen-bond donors (Lipinski definition) is 3. The Morgan fingerprint density at radius 2 is 1.93 bits per heavy atom. The van der Waals surface area contributed by atoms with Crippen LogP contribution < -0.4 is 20.7 Å². The third-order valence-electron chi connectivity index (χ3n) is 3.91. The molecule has 0 unspecified atom stereocenters. The fourth-order valence-electron chi connectivity index (χ4n) is 2.70. The van der Waals surface area contributed by atoms with E-state index in [0.29, 0.717) is 30.0 Å². The molecule has 0 saturated carbocycles. The lowest BCUT2D eigenvalue weighted by atomic mass is 10.0. The third kappa shape index (κ3) is 5.07. The molecule has 2 aromatic rings. The zero-order chi connectivity index (χ0) is 19.4. The van der Waals surface area contributed by atoms with E-state index in [1.807, 2.05) is 6.07 Å². The molecule has 0 saturated heterocycles. The van der Waals surface area contributed by atoms with Gasteiger partial charge in [-0.05, 0) is 48.4 Å². The molecule has 140 valence electrons. The highest BCUT2D eigenvalue weighted by Crippen LogP contribution is 2.28. The Labute approximate surface area is 164 Å². The SMILES string of the molecule is CC(=O)Nc1ccc(Br)cc1NC(=O)COc1ccc2c(c1)CCC(=O)N2. The van der Waals surface area contributed by atoms with Crippen LogP contribution >= 0.6 is 15.9 Å². The molecule has 0 atom stereocenters. The molecule has 3 amide bonds. The summed E-state index contributed by atoms with van der Waals surface area (Å²) in [5.41, 5.74) is 2.73. The average molecular weight is 432 g/mol. The molecule has 1 aliphatic heterocycles. The molecule has 0 radical (unpaired) electrons. The lowest BCUT2D eigenvalue weighted by Crippen LogP contribution is -2.22. The summed E-state index contributed by atoms with van der Waals surface area (Å²) in [7, 11) is 0. The van der Waals surface area contributed by atoms with Crippen molar-refractivity contribution in [3.63, 3.8) is 0 Å². The Bertz CT molecular complexity index is 914. The smallest absolute Gasteiger partial charge is 0.262 e. The topological polar surface area (TPSA) is 96.5 Å². The van der Waals surface area contributed by atoms with Gasteiger partial charge in [0.1, 0.15) is 5.75 Å². The first-order valence-electron chi connectivity index (χ1n) is 8.33. The largest absolute Gasteiger partial charge is 0.484 e. The van der Waals surface area contributed by atoms with Crippen LogP contribution in [0.15, 0.2) is 40.9 Å². The second-order valence-corrected chi connectivity index (χ2v) is 6.99. The monoisotopic (exact) mass is 431 g/mol. The maximum absolute atomic E-state index is 12.2. The van der Waals surface area contributed by atoms with Crippen LogP contribution in [0.1, 0.15) is 18.9 Å². The summed E-state index contributed by atoms with van der Waals surface area (Å²) in [4.78, 5) is 34.9. The summed E-state index contributed by atoms with van der Waals surface area (Å²) in [6.07, 6.45) is 1.08. The number of amides is 3. The van der Waals surface area contributed by atoms with E-state index in [0.717, 1.165) is 15.7 Å². The molecule has 3 rings (SSSR count). The van der Waals surface area contributed by atoms with Crippen molar-refractivity contribution in [2.45, 2.75) is 19.8 Å². The van der Waals surface area contributed by atoms with Crippen molar-refractivity contribution in [3.8, 4) is 5.75 Å². The molecule has 1 aliphatic rings. The lowest BCUT2D eigenvalue weighted by molar-refractivity contribution is -0.118. The molecular formula is C19H18BrN3O4.